The second-order valence-corrected chi connectivity index (χ2v) is 6.23. The van der Waals surface area contributed by atoms with Crippen molar-refractivity contribution in [3.8, 4) is 5.75 Å². The molecule has 138 valence electrons. The first-order chi connectivity index (χ1) is 13.1. The van der Waals surface area contributed by atoms with Crippen molar-refractivity contribution in [1.29, 1.82) is 0 Å². The molecule has 4 rings (SSSR count). The predicted octanol–water partition coefficient (Wildman–Crippen LogP) is 2.77. The lowest BCUT2D eigenvalue weighted by Gasteiger charge is -2.32. The minimum Gasteiger partial charge on any atom is -0.497 e. The maximum Gasteiger partial charge on any atom is 0.321 e. The monoisotopic (exact) mass is 365 g/mol. The Morgan fingerprint density at radius 1 is 1.19 bits per heavy atom. The van der Waals surface area contributed by atoms with Gasteiger partial charge in [0.2, 0.25) is 11.9 Å². The third kappa shape index (κ3) is 2.81. The minimum absolute atomic E-state index is 0.204. The summed E-state index contributed by atoms with van der Waals surface area (Å²) in [7, 11) is 1.59. The number of nitrogens with one attached hydrogen (secondary N) is 1. The number of carbonyl (C=O) groups excluding carboxylic acids is 2. The smallest absolute Gasteiger partial charge is 0.321 e. The number of hydrogen-bond acceptors (Lipinski definition) is 5. The number of methoxy groups -OCH3 is 1. The number of anilines is 1. The Labute approximate surface area is 155 Å². The Balaban J connectivity index is 1.92. The van der Waals surface area contributed by atoms with Gasteiger partial charge >= 0.3 is 5.97 Å². The molecule has 2 heterocycles. The number of benzene rings is 2. The van der Waals surface area contributed by atoms with E-state index < -0.39 is 23.8 Å². The molecule has 0 bridgehead atoms. The molecule has 1 N–H and O–H groups in total. The summed E-state index contributed by atoms with van der Waals surface area (Å²) in [6, 6.07) is 14.3. The topological polar surface area (TPSA) is 82.5 Å². The van der Waals surface area contributed by atoms with E-state index >= 15 is 0 Å². The zero-order valence-electron chi connectivity index (χ0n) is 15.0. The van der Waals surface area contributed by atoms with Crippen LogP contribution in [0.5, 0.6) is 5.75 Å². The number of ether oxygens (including phenoxy) is 2. The third-order valence-corrected chi connectivity index (χ3v) is 4.71. The van der Waals surface area contributed by atoms with Crippen molar-refractivity contribution < 1.29 is 19.1 Å². The van der Waals surface area contributed by atoms with E-state index in [0.29, 0.717) is 11.7 Å². The number of amides is 1. The fraction of sp³-hybridized carbons (Fsp3) is 0.250. The molecule has 1 aromatic heterocycles. The van der Waals surface area contributed by atoms with Gasteiger partial charge in [0.05, 0.1) is 30.8 Å². The highest BCUT2D eigenvalue weighted by Crippen LogP contribution is 2.38. The molecule has 1 aliphatic heterocycles. The first kappa shape index (κ1) is 17.1. The first-order valence-electron chi connectivity index (χ1n) is 8.72. The Bertz CT molecular complexity index is 1010. The average molecular weight is 365 g/mol. The summed E-state index contributed by atoms with van der Waals surface area (Å²) in [5.74, 6) is -0.871. The molecule has 1 amide bonds. The van der Waals surface area contributed by atoms with Crippen LogP contribution in [0.2, 0.25) is 0 Å². The lowest BCUT2D eigenvalue weighted by atomic mass is 9.90. The van der Waals surface area contributed by atoms with Gasteiger partial charge in [-0.1, -0.05) is 24.3 Å². The minimum atomic E-state index is -1.01. The van der Waals surface area contributed by atoms with E-state index in [0.717, 1.165) is 16.6 Å². The van der Waals surface area contributed by atoms with E-state index in [9.17, 15) is 9.59 Å². The predicted molar refractivity (Wildman–Crippen MR) is 99.6 cm³/mol. The van der Waals surface area contributed by atoms with Crippen molar-refractivity contribution in [3.63, 3.8) is 0 Å². The summed E-state index contributed by atoms with van der Waals surface area (Å²) in [6.45, 7) is 1.93. The molecule has 0 saturated heterocycles. The summed E-state index contributed by atoms with van der Waals surface area (Å²) in [5, 5.41) is 2.75. The highest BCUT2D eigenvalue weighted by Gasteiger charge is 2.44. The van der Waals surface area contributed by atoms with Crippen LogP contribution in [0.3, 0.4) is 0 Å². The summed E-state index contributed by atoms with van der Waals surface area (Å²) < 4.78 is 12.3. The van der Waals surface area contributed by atoms with E-state index in [-0.39, 0.29) is 6.61 Å². The van der Waals surface area contributed by atoms with Crippen LogP contribution in [0.25, 0.3) is 11.0 Å². The molecular formula is C20H19N3O4. The second kappa shape index (κ2) is 6.75. The van der Waals surface area contributed by atoms with Crippen molar-refractivity contribution in [1.82, 2.24) is 9.55 Å². The number of para-hydroxylation sites is 2. The molecule has 2 aromatic carbocycles. The fourth-order valence-electron chi connectivity index (χ4n) is 3.51. The summed E-state index contributed by atoms with van der Waals surface area (Å²) in [6.07, 6.45) is 0. The van der Waals surface area contributed by atoms with Crippen LogP contribution in [0.15, 0.2) is 48.5 Å². The zero-order chi connectivity index (χ0) is 19.0. The van der Waals surface area contributed by atoms with Crippen molar-refractivity contribution in [2.75, 3.05) is 19.0 Å². The molecule has 0 aliphatic carbocycles. The molecule has 2 atom stereocenters. The van der Waals surface area contributed by atoms with Crippen molar-refractivity contribution in [2.45, 2.75) is 13.0 Å². The van der Waals surface area contributed by atoms with Gasteiger partial charge in [-0.2, -0.15) is 0 Å². The van der Waals surface area contributed by atoms with Crippen LogP contribution in [-0.4, -0.2) is 35.1 Å². The highest BCUT2D eigenvalue weighted by molar-refractivity contribution is 6.07. The molecular weight excluding hydrogens is 346 g/mol. The summed E-state index contributed by atoms with van der Waals surface area (Å²) >= 11 is 0. The van der Waals surface area contributed by atoms with E-state index in [4.69, 9.17) is 9.47 Å². The molecule has 3 aromatic rings. The number of hydrogen-bond donors (Lipinski definition) is 1. The van der Waals surface area contributed by atoms with Gasteiger partial charge in [0, 0.05) is 0 Å². The number of esters is 1. The van der Waals surface area contributed by atoms with Gasteiger partial charge in [-0.05, 0) is 36.8 Å². The number of rotatable bonds is 4. The molecule has 0 radical (unpaired) electrons. The number of carbonyl (C=O) groups is 2. The van der Waals surface area contributed by atoms with Gasteiger partial charge < -0.3 is 14.0 Å². The van der Waals surface area contributed by atoms with Crippen LogP contribution in [0, 0.1) is 5.92 Å². The van der Waals surface area contributed by atoms with Crippen LogP contribution in [0.1, 0.15) is 18.5 Å². The van der Waals surface area contributed by atoms with Gasteiger partial charge in [-0.25, -0.2) is 4.98 Å². The largest absolute Gasteiger partial charge is 0.497 e. The van der Waals surface area contributed by atoms with Crippen LogP contribution in [0.4, 0.5) is 5.95 Å². The van der Waals surface area contributed by atoms with Gasteiger partial charge in [0.15, 0.2) is 5.92 Å². The highest BCUT2D eigenvalue weighted by atomic mass is 16.5. The van der Waals surface area contributed by atoms with Crippen LogP contribution >= 0.6 is 0 Å². The molecule has 0 fully saturated rings. The Morgan fingerprint density at radius 2 is 1.93 bits per heavy atom. The lowest BCUT2D eigenvalue weighted by Crippen LogP contribution is -2.43. The lowest BCUT2D eigenvalue weighted by molar-refractivity contribution is -0.152. The molecule has 0 saturated carbocycles. The molecule has 27 heavy (non-hydrogen) atoms. The van der Waals surface area contributed by atoms with E-state index in [1.54, 1.807) is 14.0 Å². The fourth-order valence-corrected chi connectivity index (χ4v) is 3.51. The quantitative estimate of drug-likeness (QED) is 0.568. The van der Waals surface area contributed by atoms with Crippen molar-refractivity contribution >= 4 is 28.9 Å². The molecule has 7 heteroatoms. The third-order valence-electron chi connectivity index (χ3n) is 4.71. The van der Waals surface area contributed by atoms with E-state index in [1.165, 1.54) is 0 Å². The maximum atomic E-state index is 12.8. The van der Waals surface area contributed by atoms with Gasteiger partial charge in [-0.3, -0.25) is 14.9 Å². The summed E-state index contributed by atoms with van der Waals surface area (Å²) in [4.78, 5) is 29.9. The number of aromatic nitrogens is 2. The first-order valence-corrected chi connectivity index (χ1v) is 8.72. The van der Waals surface area contributed by atoms with Crippen molar-refractivity contribution in [3.05, 3.63) is 54.1 Å². The molecule has 0 spiro atoms. The number of imidazole rings is 1. The van der Waals surface area contributed by atoms with Gasteiger partial charge in [0.1, 0.15) is 5.75 Å². The van der Waals surface area contributed by atoms with Crippen LogP contribution in [-0.2, 0) is 14.3 Å². The van der Waals surface area contributed by atoms with Gasteiger partial charge in [-0.15, -0.1) is 0 Å². The Hall–Kier alpha value is -3.35. The van der Waals surface area contributed by atoms with E-state index in [1.807, 2.05) is 53.1 Å². The van der Waals surface area contributed by atoms with Crippen LogP contribution < -0.4 is 10.1 Å². The van der Waals surface area contributed by atoms with E-state index in [2.05, 4.69) is 10.3 Å². The normalized spacial score (nSPS) is 18.7. The SMILES string of the molecule is CCOC(=O)C1C(=O)Nc2nc3ccccc3n2C1c1ccc(OC)cc1. The second-order valence-electron chi connectivity index (χ2n) is 6.23. The maximum absolute atomic E-state index is 12.8. The zero-order valence-corrected chi connectivity index (χ0v) is 15.0. The molecule has 7 nitrogen and oxygen atoms in total. The Morgan fingerprint density at radius 3 is 2.63 bits per heavy atom. The number of nitrogens with zero attached hydrogens (tertiary/aromatic N) is 2. The summed E-state index contributed by atoms with van der Waals surface area (Å²) in [5.41, 5.74) is 2.38. The average Bonchev–Trinajstić information content (AvgIpc) is 3.05. The molecule has 1 aliphatic rings. The number of fused-ring (bicyclic) bond motifs is 3. The Kier molecular flexibility index (Phi) is 4.27. The standard InChI is InChI=1S/C20H19N3O4/c1-3-27-19(25)16-17(12-8-10-13(26-2)11-9-12)23-15-7-5-4-6-14(15)21-20(23)22-18(16)24/h4-11,16-17H,3H2,1-2H3,(H,21,22,24). The van der Waals surface area contributed by atoms with Gasteiger partial charge in [0.25, 0.3) is 0 Å². The molecule has 2 unspecified atom stereocenters. The van der Waals surface area contributed by atoms with Crippen molar-refractivity contribution in [2.24, 2.45) is 5.92 Å².